The molecule has 3 aromatic rings. The van der Waals surface area contributed by atoms with E-state index in [1.54, 1.807) is 24.3 Å². The Morgan fingerprint density at radius 2 is 1.85 bits per heavy atom. The fraction of sp³-hybridized carbons (Fsp3) is 0.280. The summed E-state index contributed by atoms with van der Waals surface area (Å²) in [6.07, 6.45) is 1.82. The van der Waals surface area contributed by atoms with Crippen LogP contribution < -0.4 is 15.4 Å². The molecule has 0 unspecified atom stereocenters. The molecular formula is C25H22F2N4O3. The number of nitrogens with two attached hydrogens (primary N) is 1. The summed E-state index contributed by atoms with van der Waals surface area (Å²) in [6, 6.07) is 12.0. The van der Waals surface area contributed by atoms with Crippen molar-refractivity contribution < 1.29 is 23.0 Å². The molecule has 9 heteroatoms. The lowest BCUT2D eigenvalue weighted by molar-refractivity contribution is 0.122. The zero-order valence-electron chi connectivity index (χ0n) is 18.3. The standard InChI is InChI=1S/C25H22F2N4O3/c26-20-14-16(31-7-10-32-11-8-31)13-19-22(20)34-21-4-3-15(17-2-1-6-29-23(17)27)12-18(21)25(19)5-9-33-24(28)30-25/h1-4,6,12-14H,5,7-11H2,(H2,28,30)/t25-/m0/s1. The maximum absolute atomic E-state index is 15.5. The molecule has 7 nitrogen and oxygen atoms in total. The number of rotatable bonds is 2. The quantitative estimate of drug-likeness (QED) is 0.579. The molecule has 2 aromatic carbocycles. The Bertz CT molecular complexity index is 1310. The van der Waals surface area contributed by atoms with E-state index in [-0.39, 0.29) is 11.8 Å². The molecule has 1 spiro atoms. The number of ether oxygens (including phenoxy) is 3. The van der Waals surface area contributed by atoms with E-state index in [0.29, 0.717) is 67.3 Å². The Labute approximate surface area is 194 Å². The molecule has 1 saturated heterocycles. The third kappa shape index (κ3) is 3.27. The fourth-order valence-electron chi connectivity index (χ4n) is 4.93. The van der Waals surface area contributed by atoms with Gasteiger partial charge in [0.15, 0.2) is 11.6 Å². The Kier molecular flexibility index (Phi) is 4.88. The average molecular weight is 464 g/mol. The van der Waals surface area contributed by atoms with Crippen molar-refractivity contribution in [1.82, 2.24) is 4.98 Å². The number of halogens is 2. The zero-order valence-corrected chi connectivity index (χ0v) is 18.3. The van der Waals surface area contributed by atoms with Gasteiger partial charge in [-0.05, 0) is 35.9 Å². The van der Waals surface area contributed by atoms with Crippen LogP contribution in [-0.4, -0.2) is 43.9 Å². The van der Waals surface area contributed by atoms with Crippen LogP contribution in [0, 0.1) is 11.8 Å². The summed E-state index contributed by atoms with van der Waals surface area (Å²) in [5, 5.41) is 0. The summed E-state index contributed by atoms with van der Waals surface area (Å²) in [7, 11) is 0. The number of fused-ring (bicyclic) bond motifs is 4. The average Bonchev–Trinajstić information content (AvgIpc) is 2.86. The third-order valence-corrected chi connectivity index (χ3v) is 6.57. The van der Waals surface area contributed by atoms with E-state index in [1.165, 1.54) is 12.3 Å². The van der Waals surface area contributed by atoms with Crippen LogP contribution in [0.2, 0.25) is 0 Å². The molecule has 3 aliphatic heterocycles. The van der Waals surface area contributed by atoms with Gasteiger partial charge < -0.3 is 24.8 Å². The number of aromatic nitrogens is 1. The molecule has 174 valence electrons. The summed E-state index contributed by atoms with van der Waals surface area (Å²) in [5.74, 6) is -0.504. The normalized spacial score (nSPS) is 21.2. The van der Waals surface area contributed by atoms with E-state index in [1.807, 2.05) is 12.1 Å². The van der Waals surface area contributed by atoms with Gasteiger partial charge in [0.25, 0.3) is 6.02 Å². The van der Waals surface area contributed by atoms with Crippen molar-refractivity contribution in [3.05, 3.63) is 71.6 Å². The first-order chi connectivity index (χ1) is 16.5. The number of benzene rings is 2. The first kappa shape index (κ1) is 20.9. The van der Waals surface area contributed by atoms with Crippen molar-refractivity contribution in [2.75, 3.05) is 37.8 Å². The van der Waals surface area contributed by atoms with Crippen LogP contribution in [0.25, 0.3) is 11.1 Å². The number of anilines is 1. The highest BCUT2D eigenvalue weighted by Gasteiger charge is 2.46. The number of nitrogens with zero attached hydrogens (tertiary/aromatic N) is 3. The molecule has 34 heavy (non-hydrogen) atoms. The molecule has 0 radical (unpaired) electrons. The van der Waals surface area contributed by atoms with E-state index in [9.17, 15) is 4.39 Å². The lowest BCUT2D eigenvalue weighted by atomic mass is 9.76. The summed E-state index contributed by atoms with van der Waals surface area (Å²) < 4.78 is 46.9. The van der Waals surface area contributed by atoms with Crippen LogP contribution >= 0.6 is 0 Å². The van der Waals surface area contributed by atoms with Gasteiger partial charge in [-0.3, -0.25) is 0 Å². The summed E-state index contributed by atoms with van der Waals surface area (Å²) in [4.78, 5) is 10.6. The number of aliphatic imine (C=N–C) groups is 1. The minimum atomic E-state index is -1.04. The highest BCUT2D eigenvalue weighted by molar-refractivity contribution is 5.77. The number of hydrogen-bond acceptors (Lipinski definition) is 7. The monoisotopic (exact) mass is 464 g/mol. The van der Waals surface area contributed by atoms with E-state index in [2.05, 4.69) is 9.88 Å². The van der Waals surface area contributed by atoms with E-state index in [4.69, 9.17) is 24.9 Å². The van der Waals surface area contributed by atoms with Crippen molar-refractivity contribution in [3.8, 4) is 22.6 Å². The lowest BCUT2D eigenvalue weighted by Gasteiger charge is -2.40. The molecule has 1 aromatic heterocycles. The summed E-state index contributed by atoms with van der Waals surface area (Å²) in [5.41, 5.74) is 7.93. The Balaban J connectivity index is 1.56. The van der Waals surface area contributed by atoms with Gasteiger partial charge >= 0.3 is 0 Å². The molecule has 2 N–H and O–H groups in total. The molecule has 3 aliphatic rings. The largest absolute Gasteiger partial charge is 0.465 e. The van der Waals surface area contributed by atoms with Gasteiger partial charge in [-0.15, -0.1) is 0 Å². The van der Waals surface area contributed by atoms with Crippen molar-refractivity contribution in [1.29, 1.82) is 0 Å². The van der Waals surface area contributed by atoms with E-state index < -0.39 is 17.3 Å². The first-order valence-corrected chi connectivity index (χ1v) is 11.1. The van der Waals surface area contributed by atoms with Gasteiger partial charge in [0.2, 0.25) is 5.95 Å². The fourth-order valence-corrected chi connectivity index (χ4v) is 4.93. The highest BCUT2D eigenvalue weighted by atomic mass is 19.1. The number of morpholine rings is 1. The van der Waals surface area contributed by atoms with E-state index in [0.717, 1.165) is 5.69 Å². The van der Waals surface area contributed by atoms with Crippen LogP contribution in [0.4, 0.5) is 14.5 Å². The summed E-state index contributed by atoms with van der Waals surface area (Å²) >= 11 is 0. The number of pyridine rings is 1. The zero-order chi connectivity index (χ0) is 23.3. The molecule has 0 amide bonds. The van der Waals surface area contributed by atoms with Gasteiger partial charge in [0.05, 0.1) is 19.8 Å². The van der Waals surface area contributed by atoms with Gasteiger partial charge in [0, 0.05) is 54.2 Å². The molecule has 0 bridgehead atoms. The highest BCUT2D eigenvalue weighted by Crippen LogP contribution is 2.54. The Morgan fingerprint density at radius 3 is 2.65 bits per heavy atom. The minimum absolute atomic E-state index is 0.0141. The minimum Gasteiger partial charge on any atom is -0.465 e. The Morgan fingerprint density at radius 1 is 1.00 bits per heavy atom. The van der Waals surface area contributed by atoms with Crippen LogP contribution in [0.5, 0.6) is 11.5 Å². The molecule has 0 saturated carbocycles. The second-order valence-corrected chi connectivity index (χ2v) is 8.47. The van der Waals surface area contributed by atoms with Crippen molar-refractivity contribution in [3.63, 3.8) is 0 Å². The molecule has 0 aliphatic carbocycles. The number of hydrogen-bond donors (Lipinski definition) is 1. The van der Waals surface area contributed by atoms with Crippen LogP contribution in [0.15, 0.2) is 53.7 Å². The Hall–Kier alpha value is -3.72. The maximum Gasteiger partial charge on any atom is 0.283 e. The van der Waals surface area contributed by atoms with Crippen molar-refractivity contribution >= 4 is 11.7 Å². The predicted octanol–water partition coefficient (Wildman–Crippen LogP) is 3.95. The smallest absolute Gasteiger partial charge is 0.283 e. The summed E-state index contributed by atoms with van der Waals surface area (Å²) in [6.45, 7) is 2.75. The third-order valence-electron chi connectivity index (χ3n) is 6.57. The molecule has 6 rings (SSSR count). The van der Waals surface area contributed by atoms with Crippen molar-refractivity contribution in [2.24, 2.45) is 10.7 Å². The topological polar surface area (TPSA) is 82.2 Å². The number of amidine groups is 1. The maximum atomic E-state index is 15.5. The van der Waals surface area contributed by atoms with Crippen LogP contribution in [-0.2, 0) is 15.0 Å². The SMILES string of the molecule is NC1=N[C@@]2(CCO1)c1cc(-c3cccnc3F)ccc1Oc1c(F)cc(N3CCOCC3)cc12. The van der Waals surface area contributed by atoms with Gasteiger partial charge in [-0.25, -0.2) is 14.4 Å². The first-order valence-electron chi connectivity index (χ1n) is 11.1. The van der Waals surface area contributed by atoms with E-state index >= 15 is 4.39 Å². The predicted molar refractivity (Wildman–Crippen MR) is 122 cm³/mol. The molecule has 4 heterocycles. The molecule has 1 fully saturated rings. The van der Waals surface area contributed by atoms with Crippen molar-refractivity contribution in [2.45, 2.75) is 12.0 Å². The van der Waals surface area contributed by atoms with Gasteiger partial charge in [-0.2, -0.15) is 4.39 Å². The van der Waals surface area contributed by atoms with Crippen LogP contribution in [0.3, 0.4) is 0 Å². The lowest BCUT2D eigenvalue weighted by Crippen LogP contribution is -2.40. The van der Waals surface area contributed by atoms with Crippen LogP contribution in [0.1, 0.15) is 17.5 Å². The second-order valence-electron chi connectivity index (χ2n) is 8.47. The molecule has 1 atom stereocenters. The second kappa shape index (κ2) is 7.95. The van der Waals surface area contributed by atoms with Gasteiger partial charge in [0.1, 0.15) is 11.3 Å². The molecular weight excluding hydrogens is 442 g/mol. The van der Waals surface area contributed by atoms with Gasteiger partial charge in [-0.1, -0.05) is 6.07 Å².